The Morgan fingerprint density at radius 2 is 2.14 bits per heavy atom. The van der Waals surface area contributed by atoms with E-state index in [-0.39, 0.29) is 11.7 Å². The first-order valence-electron chi connectivity index (χ1n) is 8.11. The third-order valence-corrected chi connectivity index (χ3v) is 5.53. The molecule has 1 N–H and O–H groups in total. The lowest BCUT2D eigenvalue weighted by atomic mass is 10.2. The highest BCUT2D eigenvalue weighted by atomic mass is 32.2. The summed E-state index contributed by atoms with van der Waals surface area (Å²) in [6.45, 7) is 0. The number of amides is 1. The molecule has 0 unspecified atom stereocenters. The van der Waals surface area contributed by atoms with Crippen LogP contribution in [0.3, 0.4) is 0 Å². The van der Waals surface area contributed by atoms with Crippen LogP contribution in [0, 0.1) is 0 Å². The minimum atomic E-state index is -0.247. The highest BCUT2D eigenvalue weighted by Gasteiger charge is 2.10. The Morgan fingerprint density at radius 1 is 1.25 bits per heavy atom. The highest BCUT2D eigenvalue weighted by Crippen LogP contribution is 2.28. The average Bonchev–Trinajstić information content (AvgIpc) is 3.22. The largest absolute Gasteiger partial charge is 0.497 e. The molecule has 1 aromatic carbocycles. The first kappa shape index (κ1) is 19.8. The van der Waals surface area contributed by atoms with Crippen LogP contribution in [0.5, 0.6) is 11.5 Å². The summed E-state index contributed by atoms with van der Waals surface area (Å²) in [5.74, 6) is 1.20. The van der Waals surface area contributed by atoms with Crippen LogP contribution in [0.15, 0.2) is 52.0 Å². The van der Waals surface area contributed by atoms with E-state index in [2.05, 4.69) is 25.7 Å². The quantitative estimate of drug-likeness (QED) is 0.343. The van der Waals surface area contributed by atoms with E-state index in [1.54, 1.807) is 38.6 Å². The lowest BCUT2D eigenvalue weighted by Gasteiger charge is -2.06. The van der Waals surface area contributed by atoms with Crippen LogP contribution in [0.4, 0.5) is 0 Å². The molecule has 3 rings (SSSR count). The summed E-state index contributed by atoms with van der Waals surface area (Å²) >= 11 is 2.68. The van der Waals surface area contributed by atoms with Gasteiger partial charge in [-0.1, -0.05) is 29.2 Å². The number of nitrogens with one attached hydrogen (secondary N) is 1. The standard InChI is InChI=1S/C18H17N5O3S2/c1-25-13-7-6-12(15(9-13)26-2)10-20-21-16(24)11-27-18-23-22-17(28-18)14-5-3-4-8-19-14/h3-10H,11H2,1-2H3,(H,21,24)/b20-10-. The summed E-state index contributed by atoms with van der Waals surface area (Å²) in [6, 6.07) is 10.9. The Balaban J connectivity index is 1.51. The van der Waals surface area contributed by atoms with Gasteiger partial charge in [0.15, 0.2) is 9.35 Å². The van der Waals surface area contributed by atoms with Crippen molar-refractivity contribution in [3.05, 3.63) is 48.2 Å². The third kappa shape index (κ3) is 5.27. The van der Waals surface area contributed by atoms with E-state index in [9.17, 15) is 4.79 Å². The van der Waals surface area contributed by atoms with Crippen molar-refractivity contribution >= 4 is 35.2 Å². The number of benzene rings is 1. The number of aromatic nitrogens is 3. The first-order chi connectivity index (χ1) is 13.7. The Bertz CT molecular complexity index is 963. The predicted octanol–water partition coefficient (Wildman–Crippen LogP) is 2.86. The van der Waals surface area contributed by atoms with Crippen molar-refractivity contribution in [3.8, 4) is 22.2 Å². The maximum atomic E-state index is 12.0. The van der Waals surface area contributed by atoms with E-state index in [0.29, 0.717) is 20.8 Å². The van der Waals surface area contributed by atoms with Gasteiger partial charge in [-0.25, -0.2) is 5.43 Å². The lowest BCUT2D eigenvalue weighted by molar-refractivity contribution is -0.118. The minimum absolute atomic E-state index is 0.175. The van der Waals surface area contributed by atoms with Crippen molar-refractivity contribution in [2.75, 3.05) is 20.0 Å². The topological polar surface area (TPSA) is 98.6 Å². The smallest absolute Gasteiger partial charge is 0.250 e. The number of carbonyl (C=O) groups is 1. The second-order valence-corrected chi connectivity index (χ2v) is 7.48. The van der Waals surface area contributed by atoms with Gasteiger partial charge >= 0.3 is 0 Å². The maximum Gasteiger partial charge on any atom is 0.250 e. The average molecular weight is 416 g/mol. The molecule has 0 radical (unpaired) electrons. The van der Waals surface area contributed by atoms with Crippen LogP contribution >= 0.6 is 23.1 Å². The number of nitrogens with zero attached hydrogens (tertiary/aromatic N) is 4. The molecule has 0 spiro atoms. The molecule has 10 heteroatoms. The molecular weight excluding hydrogens is 398 g/mol. The molecule has 3 aromatic rings. The fourth-order valence-electron chi connectivity index (χ4n) is 2.12. The maximum absolute atomic E-state index is 12.0. The van der Waals surface area contributed by atoms with Gasteiger partial charge in [-0.3, -0.25) is 9.78 Å². The van der Waals surface area contributed by atoms with E-state index < -0.39 is 0 Å². The van der Waals surface area contributed by atoms with E-state index in [1.165, 1.54) is 29.3 Å². The molecule has 2 aromatic heterocycles. The molecule has 0 aliphatic rings. The SMILES string of the molecule is COc1ccc(/C=N\NC(=O)CSc2nnc(-c3ccccn3)s2)c(OC)c1. The normalized spacial score (nSPS) is 10.8. The van der Waals surface area contributed by atoms with Gasteiger partial charge in [-0.15, -0.1) is 10.2 Å². The molecular formula is C18H17N5O3S2. The molecule has 144 valence electrons. The van der Waals surface area contributed by atoms with Gasteiger partial charge in [0.2, 0.25) is 0 Å². The van der Waals surface area contributed by atoms with Crippen LogP contribution in [0.2, 0.25) is 0 Å². The van der Waals surface area contributed by atoms with E-state index in [1.807, 2.05) is 18.2 Å². The zero-order valence-corrected chi connectivity index (χ0v) is 16.8. The van der Waals surface area contributed by atoms with Crippen LogP contribution in [0.25, 0.3) is 10.7 Å². The molecule has 0 saturated heterocycles. The molecule has 2 heterocycles. The van der Waals surface area contributed by atoms with Crippen LogP contribution in [0.1, 0.15) is 5.56 Å². The van der Waals surface area contributed by atoms with Crippen molar-refractivity contribution in [2.24, 2.45) is 5.10 Å². The fourth-order valence-corrected chi connectivity index (χ4v) is 3.74. The Kier molecular flexibility index (Phi) is 6.93. The molecule has 0 fully saturated rings. The Morgan fingerprint density at radius 3 is 2.89 bits per heavy atom. The summed E-state index contributed by atoms with van der Waals surface area (Å²) in [6.07, 6.45) is 3.22. The predicted molar refractivity (Wildman–Crippen MR) is 109 cm³/mol. The Labute approximate surface area is 170 Å². The number of rotatable bonds is 8. The molecule has 0 bridgehead atoms. The van der Waals surface area contributed by atoms with Gasteiger partial charge in [0.05, 0.1) is 26.2 Å². The Hall–Kier alpha value is -2.98. The fraction of sp³-hybridized carbons (Fsp3) is 0.167. The molecule has 0 aliphatic heterocycles. The summed E-state index contributed by atoms with van der Waals surface area (Å²) in [5, 5.41) is 12.9. The first-order valence-corrected chi connectivity index (χ1v) is 9.91. The van der Waals surface area contributed by atoms with Crippen LogP contribution in [-0.2, 0) is 4.79 Å². The summed E-state index contributed by atoms with van der Waals surface area (Å²) in [7, 11) is 3.14. The number of carbonyl (C=O) groups excluding carboxylic acids is 1. The zero-order chi connectivity index (χ0) is 19.8. The van der Waals surface area contributed by atoms with Gasteiger partial charge < -0.3 is 9.47 Å². The second-order valence-electron chi connectivity index (χ2n) is 5.28. The van der Waals surface area contributed by atoms with E-state index >= 15 is 0 Å². The third-order valence-electron chi connectivity index (χ3n) is 3.45. The van der Waals surface area contributed by atoms with Crippen molar-refractivity contribution in [2.45, 2.75) is 4.34 Å². The summed E-state index contributed by atoms with van der Waals surface area (Å²) in [4.78, 5) is 16.2. The number of hydrazone groups is 1. The number of hydrogen-bond acceptors (Lipinski definition) is 9. The molecule has 28 heavy (non-hydrogen) atoms. The molecule has 0 atom stereocenters. The molecule has 1 amide bonds. The zero-order valence-electron chi connectivity index (χ0n) is 15.2. The highest BCUT2D eigenvalue weighted by molar-refractivity contribution is 8.01. The van der Waals surface area contributed by atoms with Gasteiger partial charge in [-0.05, 0) is 24.3 Å². The molecule has 8 nitrogen and oxygen atoms in total. The van der Waals surface area contributed by atoms with Gasteiger partial charge in [-0.2, -0.15) is 5.10 Å². The second kappa shape index (κ2) is 9.81. The minimum Gasteiger partial charge on any atom is -0.497 e. The van der Waals surface area contributed by atoms with Crippen molar-refractivity contribution < 1.29 is 14.3 Å². The number of hydrogen-bond donors (Lipinski definition) is 1. The lowest BCUT2D eigenvalue weighted by Crippen LogP contribution is -2.19. The van der Waals surface area contributed by atoms with Gasteiger partial charge in [0.1, 0.15) is 17.2 Å². The van der Waals surface area contributed by atoms with Crippen LogP contribution < -0.4 is 14.9 Å². The summed E-state index contributed by atoms with van der Waals surface area (Å²) < 4.78 is 11.1. The van der Waals surface area contributed by atoms with Gasteiger partial charge in [0, 0.05) is 17.8 Å². The van der Waals surface area contributed by atoms with Crippen LogP contribution in [-0.4, -0.2) is 47.3 Å². The number of thioether (sulfide) groups is 1. The monoisotopic (exact) mass is 415 g/mol. The van der Waals surface area contributed by atoms with Gasteiger partial charge in [0.25, 0.3) is 5.91 Å². The number of ether oxygens (including phenoxy) is 2. The molecule has 0 saturated carbocycles. The molecule has 0 aliphatic carbocycles. The number of methoxy groups -OCH3 is 2. The van der Waals surface area contributed by atoms with Crippen molar-refractivity contribution in [1.82, 2.24) is 20.6 Å². The van der Waals surface area contributed by atoms with E-state index in [0.717, 1.165) is 11.3 Å². The summed E-state index contributed by atoms with van der Waals surface area (Å²) in [5.41, 5.74) is 3.97. The number of pyridine rings is 1. The van der Waals surface area contributed by atoms with Crippen molar-refractivity contribution in [3.63, 3.8) is 0 Å². The van der Waals surface area contributed by atoms with E-state index in [4.69, 9.17) is 9.47 Å². The van der Waals surface area contributed by atoms with Crippen molar-refractivity contribution in [1.29, 1.82) is 0 Å².